The number of aromatic carboxylic acids is 1. The molecule has 2 aliphatic heterocycles. The Bertz CT molecular complexity index is 1850. The van der Waals surface area contributed by atoms with Crippen LogP contribution in [0.2, 0.25) is 0 Å². The number of nitrogens with two attached hydrogens (primary N) is 1. The molecule has 0 aromatic heterocycles. The summed E-state index contributed by atoms with van der Waals surface area (Å²) < 4.78 is 7.15. The van der Waals surface area contributed by atoms with E-state index in [2.05, 4.69) is 0 Å². The van der Waals surface area contributed by atoms with E-state index in [0.717, 1.165) is 11.2 Å². The largest absolute Gasteiger partial charge is 0.506 e. The molecule has 212 valence electrons. The van der Waals surface area contributed by atoms with Gasteiger partial charge in [0.05, 0.1) is 11.3 Å². The SMILES string of the molecule is NC1=[N+](c2ccccc2)C2(C(=O)N1c1ccccc1)/C(=C\Oc1ccc(C(=O)O)cc1)C(=O)C(=O)N2c1ccccc1O. The lowest BCUT2D eigenvalue weighted by atomic mass is 9.97. The molecule has 43 heavy (non-hydrogen) atoms. The number of carboxylic acid groups (broad SMARTS) is 1. The van der Waals surface area contributed by atoms with E-state index < -0.39 is 29.2 Å². The Morgan fingerprint density at radius 2 is 1.44 bits per heavy atom. The van der Waals surface area contributed by atoms with E-state index in [1.165, 1.54) is 51.9 Å². The number of anilines is 2. The van der Waals surface area contributed by atoms with Crippen LogP contribution in [0.25, 0.3) is 0 Å². The molecule has 1 atom stereocenters. The van der Waals surface area contributed by atoms with Crippen molar-refractivity contribution in [2.75, 3.05) is 9.80 Å². The summed E-state index contributed by atoms with van der Waals surface area (Å²) in [7, 11) is 0. The number of para-hydroxylation sites is 4. The Morgan fingerprint density at radius 1 is 0.837 bits per heavy atom. The molecule has 4 N–H and O–H groups in total. The number of phenols is 1. The number of carbonyl (C=O) groups excluding carboxylic acids is 3. The lowest BCUT2D eigenvalue weighted by molar-refractivity contribution is -0.494. The molecule has 1 spiro atoms. The molecule has 2 heterocycles. The van der Waals surface area contributed by atoms with E-state index in [1.807, 2.05) is 0 Å². The van der Waals surface area contributed by atoms with Crippen molar-refractivity contribution in [1.82, 2.24) is 0 Å². The molecule has 11 nitrogen and oxygen atoms in total. The molecule has 4 aromatic carbocycles. The highest BCUT2D eigenvalue weighted by molar-refractivity contribution is 6.54. The highest BCUT2D eigenvalue weighted by atomic mass is 16.5. The first-order valence-electron chi connectivity index (χ1n) is 13.0. The second-order valence-corrected chi connectivity index (χ2v) is 9.61. The molecule has 2 aliphatic rings. The Kier molecular flexibility index (Phi) is 6.46. The summed E-state index contributed by atoms with van der Waals surface area (Å²) in [5, 5.41) is 20.1. The second kappa shape index (κ2) is 10.3. The maximum Gasteiger partial charge on any atom is 0.366 e. The number of ether oxygens (including phenoxy) is 1. The van der Waals surface area contributed by atoms with Gasteiger partial charge in [-0.3, -0.25) is 20.2 Å². The minimum atomic E-state index is -2.27. The third-order valence-electron chi connectivity index (χ3n) is 7.19. The zero-order chi connectivity index (χ0) is 30.3. The number of hydrogen-bond acceptors (Lipinski definition) is 7. The van der Waals surface area contributed by atoms with E-state index in [0.29, 0.717) is 11.4 Å². The molecule has 0 radical (unpaired) electrons. The van der Waals surface area contributed by atoms with Gasteiger partial charge in [-0.15, -0.1) is 0 Å². The Balaban J connectivity index is 1.64. The minimum Gasteiger partial charge on any atom is -0.506 e. The topological polar surface area (TPSA) is 153 Å². The molecule has 0 bridgehead atoms. The fraction of sp³-hybridized carbons (Fsp3) is 0.0312. The number of carboxylic acids is 1. The van der Waals surface area contributed by atoms with Crippen LogP contribution in [-0.2, 0) is 14.4 Å². The molecule has 1 fully saturated rings. The van der Waals surface area contributed by atoms with Gasteiger partial charge in [0.2, 0.25) is 0 Å². The van der Waals surface area contributed by atoms with Gasteiger partial charge in [-0.25, -0.2) is 9.59 Å². The predicted octanol–water partition coefficient (Wildman–Crippen LogP) is 3.37. The van der Waals surface area contributed by atoms with Crippen molar-refractivity contribution < 1.29 is 38.7 Å². The van der Waals surface area contributed by atoms with Gasteiger partial charge in [-0.1, -0.05) is 48.5 Å². The van der Waals surface area contributed by atoms with Crippen molar-refractivity contribution in [1.29, 1.82) is 0 Å². The van der Waals surface area contributed by atoms with Crippen molar-refractivity contribution >= 4 is 46.6 Å². The second-order valence-electron chi connectivity index (χ2n) is 9.61. The smallest absolute Gasteiger partial charge is 0.366 e. The number of benzene rings is 4. The fourth-order valence-electron chi connectivity index (χ4n) is 5.29. The molecule has 0 aliphatic carbocycles. The highest BCUT2D eigenvalue weighted by Crippen LogP contribution is 2.48. The number of aromatic hydroxyl groups is 1. The number of amides is 2. The van der Waals surface area contributed by atoms with E-state index in [1.54, 1.807) is 66.7 Å². The maximum atomic E-state index is 14.8. The quantitative estimate of drug-likeness (QED) is 0.137. The van der Waals surface area contributed by atoms with Crippen LogP contribution in [0.1, 0.15) is 10.4 Å². The van der Waals surface area contributed by atoms with E-state index in [9.17, 15) is 29.4 Å². The van der Waals surface area contributed by atoms with Crippen molar-refractivity contribution in [3.8, 4) is 11.5 Å². The van der Waals surface area contributed by atoms with Crippen molar-refractivity contribution in [3.63, 3.8) is 0 Å². The zero-order valence-electron chi connectivity index (χ0n) is 22.3. The van der Waals surface area contributed by atoms with E-state index in [4.69, 9.17) is 10.5 Å². The predicted molar refractivity (Wildman–Crippen MR) is 155 cm³/mol. The number of ketones is 1. The minimum absolute atomic E-state index is 0.0106. The third kappa shape index (κ3) is 4.10. The van der Waals surface area contributed by atoms with Gasteiger partial charge in [0.1, 0.15) is 34.7 Å². The summed E-state index contributed by atoms with van der Waals surface area (Å²) >= 11 is 0. The van der Waals surface area contributed by atoms with Crippen molar-refractivity contribution in [2.45, 2.75) is 5.66 Å². The summed E-state index contributed by atoms with van der Waals surface area (Å²) in [5.41, 5.74) is 4.73. The molecule has 11 heteroatoms. The first kappa shape index (κ1) is 27.0. The number of hydrogen-bond donors (Lipinski definition) is 3. The standard InChI is InChI=1S/C32H22N4O7/c33-31-34(21-9-3-1-4-10-21)30(42)32(35(31)22-11-5-2-6-12-22)24(19-43-23-17-15-20(16-18-23)29(40)41)27(38)28(39)36(32)25-13-7-8-14-26(25)37/h1-19,33H,(H2,37,40,41)/p+1/b24-19-. The normalized spacial score (nSPS) is 19.2. The van der Waals surface area contributed by atoms with Gasteiger partial charge >= 0.3 is 29.4 Å². The van der Waals surface area contributed by atoms with Crippen LogP contribution >= 0.6 is 0 Å². The molecule has 0 saturated carbocycles. The average Bonchev–Trinajstić information content (AvgIpc) is 3.38. The fourth-order valence-corrected chi connectivity index (χ4v) is 5.29. The summed E-state index contributed by atoms with van der Waals surface area (Å²) in [6.45, 7) is 0. The van der Waals surface area contributed by atoms with Crippen molar-refractivity contribution in [2.24, 2.45) is 5.73 Å². The first-order valence-corrected chi connectivity index (χ1v) is 13.0. The lowest BCUT2D eigenvalue weighted by Gasteiger charge is -2.33. The number of guanidine groups is 1. The Morgan fingerprint density at radius 3 is 2.07 bits per heavy atom. The lowest BCUT2D eigenvalue weighted by Crippen LogP contribution is -2.59. The van der Waals surface area contributed by atoms with Gasteiger partial charge in [0.15, 0.2) is 0 Å². The van der Waals surface area contributed by atoms with E-state index >= 15 is 0 Å². The Labute approximate surface area is 244 Å². The molecule has 2 amide bonds. The monoisotopic (exact) mass is 575 g/mol. The van der Waals surface area contributed by atoms with Gasteiger partial charge < -0.3 is 14.9 Å². The third-order valence-corrected chi connectivity index (χ3v) is 7.19. The van der Waals surface area contributed by atoms with E-state index in [-0.39, 0.29) is 34.3 Å². The summed E-state index contributed by atoms with van der Waals surface area (Å²) in [6.07, 6.45) is 0.992. The van der Waals surface area contributed by atoms with Crippen LogP contribution in [0.4, 0.5) is 17.1 Å². The number of carbonyl (C=O) groups is 4. The number of rotatable bonds is 6. The van der Waals surface area contributed by atoms with Gasteiger partial charge in [-0.2, -0.15) is 9.48 Å². The van der Waals surface area contributed by atoms with Crippen LogP contribution in [0, 0.1) is 0 Å². The number of nitrogens with zero attached hydrogens (tertiary/aromatic N) is 3. The van der Waals surface area contributed by atoms with Crippen LogP contribution in [-0.4, -0.2) is 50.0 Å². The van der Waals surface area contributed by atoms with Crippen LogP contribution in [0.3, 0.4) is 0 Å². The van der Waals surface area contributed by atoms with Crippen LogP contribution in [0.15, 0.2) is 121 Å². The summed E-state index contributed by atoms with van der Waals surface area (Å²) in [6, 6.07) is 28.2. The summed E-state index contributed by atoms with van der Waals surface area (Å²) in [5.74, 6) is -4.41. The average molecular weight is 576 g/mol. The molecule has 1 saturated heterocycles. The van der Waals surface area contributed by atoms with Crippen LogP contribution < -0.4 is 20.3 Å². The van der Waals surface area contributed by atoms with Gasteiger partial charge in [-0.05, 0) is 60.7 Å². The number of phenolic OH excluding ortho intramolecular Hbond substituents is 1. The molecule has 1 unspecified atom stereocenters. The molecule has 4 aromatic rings. The maximum absolute atomic E-state index is 14.8. The Hall–Kier alpha value is -6.23. The molecular formula is C32H23N4O7+. The van der Waals surface area contributed by atoms with Crippen LogP contribution in [0.5, 0.6) is 11.5 Å². The summed E-state index contributed by atoms with van der Waals surface area (Å²) in [4.78, 5) is 56.0. The number of Topliss-reactive ketones (excluding diaryl/α,β-unsaturated/α-hetero) is 1. The van der Waals surface area contributed by atoms with Gasteiger partial charge in [0, 0.05) is 0 Å². The molecule has 6 rings (SSSR count). The zero-order valence-corrected chi connectivity index (χ0v) is 22.3. The molecular weight excluding hydrogens is 552 g/mol. The van der Waals surface area contributed by atoms with Gasteiger partial charge in [0.25, 0.3) is 5.78 Å². The highest BCUT2D eigenvalue weighted by Gasteiger charge is 2.73. The first-order chi connectivity index (χ1) is 20.8. The van der Waals surface area contributed by atoms with Crippen molar-refractivity contribution in [3.05, 3.63) is 127 Å².